The van der Waals surface area contributed by atoms with Crippen LogP contribution in [0.3, 0.4) is 0 Å². The number of nitrogens with zero attached hydrogens (tertiary/aromatic N) is 5. The Morgan fingerprint density at radius 3 is 2.40 bits per heavy atom. The van der Waals surface area contributed by atoms with Crippen molar-refractivity contribution in [1.29, 1.82) is 0 Å². The molecule has 1 fully saturated rings. The van der Waals surface area contributed by atoms with Crippen molar-refractivity contribution in [3.05, 3.63) is 40.9 Å². The molecule has 0 spiro atoms. The van der Waals surface area contributed by atoms with Gasteiger partial charge in [-0.25, -0.2) is 9.67 Å². The van der Waals surface area contributed by atoms with Gasteiger partial charge in [-0.1, -0.05) is 11.6 Å². The molecule has 25 heavy (non-hydrogen) atoms. The van der Waals surface area contributed by atoms with Gasteiger partial charge in [-0.2, -0.15) is 0 Å². The molecule has 1 aliphatic heterocycles. The topological polar surface area (TPSA) is 97.3 Å². The van der Waals surface area contributed by atoms with Crippen LogP contribution in [-0.4, -0.2) is 69.1 Å². The monoisotopic (exact) mass is 362 g/mol. The van der Waals surface area contributed by atoms with Crippen LogP contribution in [0.25, 0.3) is 5.69 Å². The Kier molecular flexibility index (Phi) is 5.00. The second kappa shape index (κ2) is 7.20. The summed E-state index contributed by atoms with van der Waals surface area (Å²) in [5, 5.41) is 4.97. The van der Waals surface area contributed by atoms with Crippen molar-refractivity contribution in [3.8, 4) is 5.69 Å². The number of rotatable bonds is 4. The Bertz CT molecular complexity index is 780. The van der Waals surface area contributed by atoms with Gasteiger partial charge in [0.05, 0.1) is 12.2 Å². The molecule has 2 heterocycles. The summed E-state index contributed by atoms with van der Waals surface area (Å²) in [6, 6.07) is 7.16. The van der Waals surface area contributed by atoms with E-state index in [2.05, 4.69) is 10.1 Å². The molecule has 2 amide bonds. The zero-order valence-corrected chi connectivity index (χ0v) is 14.6. The number of carbonyl (C=O) groups is 2. The van der Waals surface area contributed by atoms with Gasteiger partial charge in [0, 0.05) is 31.2 Å². The number of hydrogen-bond donors (Lipinski definition) is 1. The molecule has 1 aliphatic rings. The molecule has 0 unspecified atom stereocenters. The average Bonchev–Trinajstić information content (AvgIpc) is 2.97. The maximum Gasteiger partial charge on any atom is 0.293 e. The smallest absolute Gasteiger partial charge is 0.293 e. The van der Waals surface area contributed by atoms with E-state index in [4.69, 9.17) is 17.3 Å². The van der Waals surface area contributed by atoms with Crippen LogP contribution in [0.4, 0.5) is 0 Å². The van der Waals surface area contributed by atoms with Gasteiger partial charge in [0.25, 0.3) is 5.91 Å². The summed E-state index contributed by atoms with van der Waals surface area (Å²) in [5.74, 6) is 0.210. The molecule has 0 saturated carbocycles. The van der Waals surface area contributed by atoms with Crippen LogP contribution in [-0.2, 0) is 4.79 Å². The number of nitrogens with two attached hydrogens (primary N) is 1. The maximum atomic E-state index is 12.6. The van der Waals surface area contributed by atoms with E-state index in [0.717, 1.165) is 5.69 Å². The first kappa shape index (κ1) is 17.4. The minimum absolute atomic E-state index is 0.163. The lowest BCUT2D eigenvalue weighted by molar-refractivity contribution is -0.119. The Balaban J connectivity index is 1.70. The Labute approximate surface area is 150 Å². The fraction of sp³-hybridized carbons (Fsp3) is 0.375. The normalized spacial score (nSPS) is 15.4. The predicted molar refractivity (Wildman–Crippen MR) is 92.6 cm³/mol. The van der Waals surface area contributed by atoms with Gasteiger partial charge < -0.3 is 10.6 Å². The molecule has 2 N–H and O–H groups in total. The maximum absolute atomic E-state index is 12.6. The van der Waals surface area contributed by atoms with Gasteiger partial charge in [-0.3, -0.25) is 14.5 Å². The number of amides is 2. The van der Waals surface area contributed by atoms with Crippen molar-refractivity contribution >= 4 is 23.4 Å². The van der Waals surface area contributed by atoms with Crippen LogP contribution in [0.15, 0.2) is 24.3 Å². The van der Waals surface area contributed by atoms with Crippen molar-refractivity contribution in [2.75, 3.05) is 32.7 Å². The van der Waals surface area contributed by atoms with E-state index in [1.165, 1.54) is 0 Å². The zero-order chi connectivity index (χ0) is 18.0. The summed E-state index contributed by atoms with van der Waals surface area (Å²) in [5.41, 5.74) is 5.99. The fourth-order valence-corrected chi connectivity index (χ4v) is 2.90. The second-order valence-corrected chi connectivity index (χ2v) is 6.34. The largest absolute Gasteiger partial charge is 0.369 e. The third-order valence-electron chi connectivity index (χ3n) is 4.07. The van der Waals surface area contributed by atoms with Crippen LogP contribution in [0.2, 0.25) is 5.02 Å². The highest BCUT2D eigenvalue weighted by molar-refractivity contribution is 6.30. The lowest BCUT2D eigenvalue weighted by atomic mass is 10.3. The molecule has 0 aliphatic carbocycles. The Hall–Kier alpha value is -2.45. The van der Waals surface area contributed by atoms with Crippen molar-refractivity contribution in [3.63, 3.8) is 0 Å². The van der Waals surface area contributed by atoms with Crippen LogP contribution < -0.4 is 5.73 Å². The molecule has 1 aromatic carbocycles. The molecule has 0 radical (unpaired) electrons. The molecule has 8 nitrogen and oxygen atoms in total. The third kappa shape index (κ3) is 3.97. The van der Waals surface area contributed by atoms with E-state index in [1.807, 2.05) is 17.0 Å². The van der Waals surface area contributed by atoms with E-state index in [1.54, 1.807) is 28.6 Å². The Morgan fingerprint density at radius 2 is 1.80 bits per heavy atom. The van der Waals surface area contributed by atoms with Crippen LogP contribution in [0.5, 0.6) is 0 Å². The molecule has 132 valence electrons. The van der Waals surface area contributed by atoms with Gasteiger partial charge in [0.15, 0.2) is 0 Å². The summed E-state index contributed by atoms with van der Waals surface area (Å²) in [7, 11) is 0. The van der Waals surface area contributed by atoms with E-state index in [0.29, 0.717) is 37.0 Å². The van der Waals surface area contributed by atoms with Gasteiger partial charge in [-0.05, 0) is 31.2 Å². The lowest BCUT2D eigenvalue weighted by Gasteiger charge is -2.33. The minimum atomic E-state index is -0.362. The van der Waals surface area contributed by atoms with Crippen molar-refractivity contribution in [1.82, 2.24) is 24.6 Å². The standard InChI is InChI=1S/C16H19ClN6O2/c1-11-19-15(20-23(11)13-4-2-12(17)3-5-13)16(25)22-8-6-21(7-9-22)10-14(18)24/h2-5H,6-10H2,1H3,(H2,18,24). The molecule has 0 bridgehead atoms. The summed E-state index contributed by atoms with van der Waals surface area (Å²) >= 11 is 5.90. The molecule has 1 aromatic heterocycles. The SMILES string of the molecule is Cc1nc(C(=O)N2CCN(CC(N)=O)CC2)nn1-c1ccc(Cl)cc1. The number of primary amides is 1. The van der Waals surface area contributed by atoms with Gasteiger partial charge in [0.2, 0.25) is 11.7 Å². The van der Waals surface area contributed by atoms with Crippen molar-refractivity contribution < 1.29 is 9.59 Å². The second-order valence-electron chi connectivity index (χ2n) is 5.91. The fourth-order valence-electron chi connectivity index (χ4n) is 2.78. The number of aromatic nitrogens is 3. The summed E-state index contributed by atoms with van der Waals surface area (Å²) in [6.45, 7) is 4.24. The van der Waals surface area contributed by atoms with E-state index >= 15 is 0 Å². The summed E-state index contributed by atoms with van der Waals surface area (Å²) in [6.07, 6.45) is 0. The van der Waals surface area contributed by atoms with E-state index in [9.17, 15) is 9.59 Å². The number of hydrogen-bond acceptors (Lipinski definition) is 5. The first-order valence-corrected chi connectivity index (χ1v) is 8.31. The van der Waals surface area contributed by atoms with Crippen LogP contribution >= 0.6 is 11.6 Å². The van der Waals surface area contributed by atoms with Gasteiger partial charge >= 0.3 is 0 Å². The lowest BCUT2D eigenvalue weighted by Crippen LogP contribution is -2.50. The minimum Gasteiger partial charge on any atom is -0.369 e. The Morgan fingerprint density at radius 1 is 1.16 bits per heavy atom. The number of aryl methyl sites for hydroxylation is 1. The van der Waals surface area contributed by atoms with Crippen molar-refractivity contribution in [2.45, 2.75) is 6.92 Å². The number of piperazine rings is 1. The summed E-state index contributed by atoms with van der Waals surface area (Å²) in [4.78, 5) is 31.5. The first-order valence-electron chi connectivity index (χ1n) is 7.93. The average molecular weight is 363 g/mol. The van der Waals surface area contributed by atoms with E-state index in [-0.39, 0.29) is 24.2 Å². The zero-order valence-electron chi connectivity index (χ0n) is 13.9. The number of halogens is 1. The van der Waals surface area contributed by atoms with Crippen molar-refractivity contribution in [2.24, 2.45) is 5.73 Å². The summed E-state index contributed by atoms with van der Waals surface area (Å²) < 4.78 is 1.62. The van der Waals surface area contributed by atoms with Crippen LogP contribution in [0, 0.1) is 6.92 Å². The van der Waals surface area contributed by atoms with Gasteiger partial charge in [0.1, 0.15) is 5.82 Å². The van der Waals surface area contributed by atoms with E-state index < -0.39 is 0 Å². The molecule has 3 rings (SSSR count). The number of benzene rings is 1. The quantitative estimate of drug-likeness (QED) is 0.852. The highest BCUT2D eigenvalue weighted by Crippen LogP contribution is 2.15. The molecule has 0 atom stereocenters. The predicted octanol–water partition coefficient (Wildman–Crippen LogP) is 0.472. The highest BCUT2D eigenvalue weighted by Gasteiger charge is 2.26. The molecule has 1 saturated heterocycles. The molecular formula is C16H19ClN6O2. The molecule has 9 heteroatoms. The first-order chi connectivity index (χ1) is 11.9. The molecule has 2 aromatic rings. The highest BCUT2D eigenvalue weighted by atomic mass is 35.5. The van der Waals surface area contributed by atoms with Gasteiger partial charge in [-0.15, -0.1) is 5.10 Å². The van der Waals surface area contributed by atoms with Crippen LogP contribution in [0.1, 0.15) is 16.4 Å². The number of carbonyl (C=O) groups excluding carboxylic acids is 2. The molecular weight excluding hydrogens is 344 g/mol. The third-order valence-corrected chi connectivity index (χ3v) is 4.32.